The lowest BCUT2D eigenvalue weighted by molar-refractivity contribution is 0.0731. The Hall–Kier alpha value is -2.93. The van der Waals surface area contributed by atoms with Gasteiger partial charge in [-0.3, -0.25) is 4.79 Å². The number of carbonyl (C=O) groups is 1. The number of alkyl halides is 1. The standard InChI is InChI=1S/C21H20ClFN4O2/c1-14-5-4-6-15(20(14)22)21(28)26-11-9-17-16(13-26)24-25-27(17)18-7-2-3-8-19(18)29-12-10-23/h2-8H,9-13H2,1H3. The summed E-state index contributed by atoms with van der Waals surface area (Å²) in [6.07, 6.45) is 0.592. The lowest BCUT2D eigenvalue weighted by atomic mass is 10.1. The van der Waals surface area contributed by atoms with Crippen molar-refractivity contribution in [3.8, 4) is 11.4 Å². The highest BCUT2D eigenvalue weighted by Crippen LogP contribution is 2.28. The molecule has 0 saturated heterocycles. The van der Waals surface area contributed by atoms with Gasteiger partial charge in [0.05, 0.1) is 22.8 Å². The molecule has 0 fully saturated rings. The fraction of sp³-hybridized carbons (Fsp3) is 0.286. The molecule has 1 aromatic heterocycles. The molecule has 8 heteroatoms. The van der Waals surface area contributed by atoms with Crippen LogP contribution in [0.1, 0.15) is 27.3 Å². The highest BCUT2D eigenvalue weighted by molar-refractivity contribution is 6.34. The lowest BCUT2D eigenvalue weighted by Gasteiger charge is -2.27. The van der Waals surface area contributed by atoms with Crippen molar-refractivity contribution in [3.63, 3.8) is 0 Å². The first-order valence-electron chi connectivity index (χ1n) is 9.36. The summed E-state index contributed by atoms with van der Waals surface area (Å²) in [4.78, 5) is 14.7. The van der Waals surface area contributed by atoms with E-state index < -0.39 is 6.67 Å². The number of aromatic nitrogens is 3. The molecular formula is C21H20ClFN4O2. The van der Waals surface area contributed by atoms with Crippen LogP contribution in [0.3, 0.4) is 0 Å². The maximum atomic E-state index is 13.0. The number of hydrogen-bond acceptors (Lipinski definition) is 4. The normalized spacial score (nSPS) is 13.3. The van der Waals surface area contributed by atoms with E-state index in [4.69, 9.17) is 16.3 Å². The van der Waals surface area contributed by atoms with Gasteiger partial charge in [0, 0.05) is 13.0 Å². The molecule has 0 N–H and O–H groups in total. The van der Waals surface area contributed by atoms with Gasteiger partial charge in [-0.25, -0.2) is 9.07 Å². The zero-order chi connectivity index (χ0) is 20.4. The molecule has 0 atom stereocenters. The van der Waals surface area contributed by atoms with E-state index >= 15 is 0 Å². The summed E-state index contributed by atoms with van der Waals surface area (Å²) in [6, 6.07) is 12.8. The summed E-state index contributed by atoms with van der Waals surface area (Å²) in [7, 11) is 0. The quantitative estimate of drug-likeness (QED) is 0.637. The summed E-state index contributed by atoms with van der Waals surface area (Å²) in [6.45, 7) is 2.17. The van der Waals surface area contributed by atoms with Crippen LogP contribution in [0.5, 0.6) is 5.75 Å². The fourth-order valence-corrected chi connectivity index (χ4v) is 3.67. The van der Waals surface area contributed by atoms with E-state index in [0.717, 1.165) is 17.0 Å². The van der Waals surface area contributed by atoms with Crippen LogP contribution in [0.4, 0.5) is 4.39 Å². The van der Waals surface area contributed by atoms with Crippen molar-refractivity contribution in [3.05, 3.63) is 70.0 Å². The van der Waals surface area contributed by atoms with Crippen molar-refractivity contribution in [2.24, 2.45) is 0 Å². The first kappa shape index (κ1) is 19.4. The molecule has 29 heavy (non-hydrogen) atoms. The van der Waals surface area contributed by atoms with Gasteiger partial charge in [-0.05, 0) is 30.7 Å². The molecule has 2 aromatic carbocycles. The molecule has 0 bridgehead atoms. The number of ether oxygens (including phenoxy) is 1. The van der Waals surface area contributed by atoms with E-state index in [1.54, 1.807) is 21.7 Å². The van der Waals surface area contributed by atoms with E-state index in [1.165, 1.54) is 0 Å². The largest absolute Gasteiger partial charge is 0.489 e. The smallest absolute Gasteiger partial charge is 0.255 e. The second-order valence-corrected chi connectivity index (χ2v) is 7.19. The van der Waals surface area contributed by atoms with Gasteiger partial charge in [0.2, 0.25) is 0 Å². The van der Waals surface area contributed by atoms with E-state index in [-0.39, 0.29) is 12.5 Å². The third kappa shape index (κ3) is 3.70. The van der Waals surface area contributed by atoms with E-state index in [9.17, 15) is 9.18 Å². The molecule has 0 spiro atoms. The number of fused-ring (bicyclic) bond motifs is 1. The number of hydrogen-bond donors (Lipinski definition) is 0. The molecule has 4 rings (SSSR count). The minimum Gasteiger partial charge on any atom is -0.489 e. The Morgan fingerprint density at radius 3 is 2.90 bits per heavy atom. The molecule has 0 unspecified atom stereocenters. The van der Waals surface area contributed by atoms with Gasteiger partial charge in [0.1, 0.15) is 30.4 Å². The maximum absolute atomic E-state index is 13.0. The fourth-order valence-electron chi connectivity index (χ4n) is 3.46. The van der Waals surface area contributed by atoms with Gasteiger partial charge < -0.3 is 9.64 Å². The van der Waals surface area contributed by atoms with Crippen LogP contribution >= 0.6 is 11.6 Å². The van der Waals surface area contributed by atoms with Crippen LogP contribution in [0, 0.1) is 6.92 Å². The third-order valence-electron chi connectivity index (χ3n) is 4.94. The van der Waals surface area contributed by atoms with Crippen LogP contribution in [-0.2, 0) is 13.0 Å². The van der Waals surface area contributed by atoms with Gasteiger partial charge in [-0.1, -0.05) is 41.1 Å². The predicted molar refractivity (Wildman–Crippen MR) is 107 cm³/mol. The van der Waals surface area contributed by atoms with Crippen molar-refractivity contribution in [1.82, 2.24) is 19.9 Å². The van der Waals surface area contributed by atoms with Crippen LogP contribution in [0.2, 0.25) is 5.02 Å². The summed E-state index contributed by atoms with van der Waals surface area (Å²) in [5.74, 6) is 0.425. The average molecular weight is 415 g/mol. The predicted octanol–water partition coefficient (Wildman–Crippen LogP) is 3.78. The van der Waals surface area contributed by atoms with Crippen molar-refractivity contribution in [2.75, 3.05) is 19.8 Å². The van der Waals surface area contributed by atoms with Crippen LogP contribution < -0.4 is 4.74 Å². The topological polar surface area (TPSA) is 60.2 Å². The number of rotatable bonds is 5. The monoisotopic (exact) mass is 414 g/mol. The first-order valence-corrected chi connectivity index (χ1v) is 9.74. The number of nitrogens with zero attached hydrogens (tertiary/aromatic N) is 4. The molecule has 150 valence electrons. The number of aryl methyl sites for hydroxylation is 1. The van der Waals surface area contributed by atoms with Gasteiger partial charge in [-0.2, -0.15) is 0 Å². The van der Waals surface area contributed by atoms with Crippen molar-refractivity contribution in [1.29, 1.82) is 0 Å². The van der Waals surface area contributed by atoms with Crippen LogP contribution in [-0.4, -0.2) is 45.6 Å². The Kier molecular flexibility index (Phi) is 5.49. The molecule has 2 heterocycles. The number of halogens is 2. The summed E-state index contributed by atoms with van der Waals surface area (Å²) >= 11 is 6.33. The summed E-state index contributed by atoms with van der Waals surface area (Å²) in [5, 5.41) is 9.02. The maximum Gasteiger partial charge on any atom is 0.255 e. The SMILES string of the molecule is Cc1cccc(C(=O)N2CCc3c(nnn3-c3ccccc3OCCF)C2)c1Cl. The number of benzene rings is 2. The average Bonchev–Trinajstić information content (AvgIpc) is 3.17. The van der Waals surface area contributed by atoms with E-state index in [0.29, 0.717) is 41.5 Å². The van der Waals surface area contributed by atoms with Crippen molar-refractivity contribution in [2.45, 2.75) is 19.9 Å². The Balaban J connectivity index is 1.60. The van der Waals surface area contributed by atoms with Gasteiger partial charge >= 0.3 is 0 Å². The Morgan fingerprint density at radius 2 is 2.07 bits per heavy atom. The van der Waals surface area contributed by atoms with Gasteiger partial charge in [-0.15, -0.1) is 5.10 Å². The molecule has 1 aliphatic heterocycles. The molecule has 6 nitrogen and oxygen atoms in total. The van der Waals surface area contributed by atoms with Gasteiger partial charge in [0.25, 0.3) is 5.91 Å². The molecule has 1 aliphatic rings. The number of amides is 1. The molecule has 1 amide bonds. The third-order valence-corrected chi connectivity index (χ3v) is 5.44. The lowest BCUT2D eigenvalue weighted by Crippen LogP contribution is -2.36. The van der Waals surface area contributed by atoms with Crippen molar-refractivity contribution < 1.29 is 13.9 Å². The molecule has 0 radical (unpaired) electrons. The van der Waals surface area contributed by atoms with Crippen LogP contribution in [0.25, 0.3) is 5.69 Å². The second-order valence-electron chi connectivity index (χ2n) is 6.81. The summed E-state index contributed by atoms with van der Waals surface area (Å²) in [5.41, 5.74) is 3.71. The zero-order valence-electron chi connectivity index (χ0n) is 15.9. The summed E-state index contributed by atoms with van der Waals surface area (Å²) < 4.78 is 19.7. The molecule has 0 aliphatic carbocycles. The Bertz CT molecular complexity index is 1050. The number of carbonyl (C=O) groups excluding carboxylic acids is 1. The first-order chi connectivity index (χ1) is 14.1. The van der Waals surface area contributed by atoms with Gasteiger partial charge in [0.15, 0.2) is 0 Å². The zero-order valence-corrected chi connectivity index (χ0v) is 16.7. The van der Waals surface area contributed by atoms with E-state index in [1.807, 2.05) is 37.3 Å². The minimum absolute atomic E-state index is 0.0204. The highest BCUT2D eigenvalue weighted by Gasteiger charge is 2.28. The Labute approximate surface area is 172 Å². The van der Waals surface area contributed by atoms with Crippen LogP contribution in [0.15, 0.2) is 42.5 Å². The van der Waals surface area contributed by atoms with Crippen molar-refractivity contribution >= 4 is 17.5 Å². The van der Waals surface area contributed by atoms with E-state index in [2.05, 4.69) is 10.3 Å². The molecule has 0 saturated carbocycles. The molecule has 3 aromatic rings. The highest BCUT2D eigenvalue weighted by atomic mass is 35.5. The molecular weight excluding hydrogens is 395 g/mol. The second kappa shape index (κ2) is 8.21. The number of para-hydroxylation sites is 2. The Morgan fingerprint density at radius 1 is 1.24 bits per heavy atom. The minimum atomic E-state index is -0.567.